The van der Waals surface area contributed by atoms with Gasteiger partial charge in [-0.1, -0.05) is 31.5 Å². The fourth-order valence-electron chi connectivity index (χ4n) is 4.84. The highest BCUT2D eigenvalue weighted by Crippen LogP contribution is 2.37. The van der Waals surface area contributed by atoms with Gasteiger partial charge in [-0.25, -0.2) is 0 Å². The van der Waals surface area contributed by atoms with Crippen LogP contribution in [0.25, 0.3) is 10.9 Å². The zero-order valence-electron chi connectivity index (χ0n) is 17.8. The number of hydrogen-bond acceptors (Lipinski definition) is 6. The summed E-state index contributed by atoms with van der Waals surface area (Å²) >= 11 is 0. The Morgan fingerprint density at radius 3 is 2.60 bits per heavy atom. The first kappa shape index (κ1) is 21.8. The van der Waals surface area contributed by atoms with E-state index >= 15 is 0 Å². The summed E-state index contributed by atoms with van der Waals surface area (Å²) in [4.78, 5) is 30.1. The Labute approximate surface area is 176 Å². The van der Waals surface area contributed by atoms with E-state index in [1.807, 2.05) is 25.3 Å². The molecule has 2 heterocycles. The number of rotatable bonds is 7. The van der Waals surface area contributed by atoms with Gasteiger partial charge in [-0.3, -0.25) is 14.5 Å². The quantitative estimate of drug-likeness (QED) is 0.556. The van der Waals surface area contributed by atoms with Gasteiger partial charge in [0.15, 0.2) is 5.92 Å². The molecule has 0 aliphatic carbocycles. The van der Waals surface area contributed by atoms with Crippen LogP contribution in [0.1, 0.15) is 25.3 Å². The van der Waals surface area contributed by atoms with Gasteiger partial charge in [0, 0.05) is 23.6 Å². The van der Waals surface area contributed by atoms with Gasteiger partial charge in [0.1, 0.15) is 6.04 Å². The van der Waals surface area contributed by atoms with Gasteiger partial charge in [-0.15, -0.1) is 0 Å². The molecule has 1 N–H and O–H groups in total. The molecule has 30 heavy (non-hydrogen) atoms. The summed E-state index contributed by atoms with van der Waals surface area (Å²) in [5.74, 6) is -2.56. The van der Waals surface area contributed by atoms with E-state index in [1.165, 1.54) is 25.2 Å². The van der Waals surface area contributed by atoms with E-state index in [-0.39, 0.29) is 17.9 Å². The second-order valence-corrected chi connectivity index (χ2v) is 7.77. The summed E-state index contributed by atoms with van der Waals surface area (Å²) in [5, 5.41) is 11.2. The van der Waals surface area contributed by atoms with Crippen molar-refractivity contribution in [2.45, 2.75) is 32.2 Å². The summed E-state index contributed by atoms with van der Waals surface area (Å²) < 4.78 is 9.75. The number of methoxy groups -OCH3 is 2. The van der Waals surface area contributed by atoms with E-state index in [1.54, 1.807) is 0 Å². The summed E-state index contributed by atoms with van der Waals surface area (Å²) in [7, 11) is 2.55. The van der Waals surface area contributed by atoms with Crippen molar-refractivity contribution in [1.82, 2.24) is 9.88 Å². The van der Waals surface area contributed by atoms with E-state index in [4.69, 9.17) is 9.47 Å². The van der Waals surface area contributed by atoms with Crippen LogP contribution >= 0.6 is 0 Å². The first-order valence-corrected chi connectivity index (χ1v) is 10.4. The molecule has 1 aromatic carbocycles. The van der Waals surface area contributed by atoms with Crippen LogP contribution in [-0.4, -0.2) is 55.2 Å². The number of aromatic nitrogens is 1. The van der Waals surface area contributed by atoms with Crippen LogP contribution in [0.4, 0.5) is 0 Å². The molecule has 0 spiro atoms. The van der Waals surface area contributed by atoms with Crippen LogP contribution < -0.4 is 0 Å². The molecule has 0 bridgehead atoms. The number of aromatic amines is 1. The first-order valence-electron chi connectivity index (χ1n) is 10.4. The number of H-pyrrole nitrogens is 1. The maximum absolute atomic E-state index is 12.3. The van der Waals surface area contributed by atoms with Gasteiger partial charge in [0.25, 0.3) is 0 Å². The Hall–Kier alpha value is -2.85. The molecule has 2 aromatic rings. The van der Waals surface area contributed by atoms with Crippen molar-refractivity contribution in [3.63, 3.8) is 0 Å². The Morgan fingerprint density at radius 2 is 1.97 bits per heavy atom. The smallest absolute Gasteiger partial charge is 0.320 e. The Balaban J connectivity index is 1.77. The summed E-state index contributed by atoms with van der Waals surface area (Å²) in [6, 6.07) is 10.2. The largest absolute Gasteiger partial charge is 0.468 e. The second-order valence-electron chi connectivity index (χ2n) is 7.77. The predicted octanol–water partition coefficient (Wildman–Crippen LogP) is 2.91. The van der Waals surface area contributed by atoms with E-state index in [0.717, 1.165) is 18.5 Å². The second kappa shape index (κ2) is 9.77. The molecule has 1 aliphatic heterocycles. The van der Waals surface area contributed by atoms with Crippen LogP contribution in [0.2, 0.25) is 0 Å². The molecule has 0 unspecified atom stereocenters. The monoisotopic (exact) mass is 411 g/mol. The Kier molecular flexibility index (Phi) is 7.11. The Bertz CT molecular complexity index is 916. The van der Waals surface area contributed by atoms with Crippen LogP contribution in [0.3, 0.4) is 0 Å². The summed E-state index contributed by atoms with van der Waals surface area (Å²) in [6.07, 6.45) is 4.18. The third-order valence-corrected chi connectivity index (χ3v) is 6.38. The van der Waals surface area contributed by atoms with Crippen LogP contribution in [0.5, 0.6) is 0 Å². The van der Waals surface area contributed by atoms with Crippen molar-refractivity contribution in [2.75, 3.05) is 27.3 Å². The number of likely N-dealkylation sites (tertiary alicyclic amines) is 1. The molecule has 1 aliphatic rings. The first-order chi connectivity index (χ1) is 14.5. The number of carbonyl (C=O) groups excluding carboxylic acids is 2. The number of nitrogens with zero attached hydrogens (tertiary/aromatic N) is 2. The summed E-state index contributed by atoms with van der Waals surface area (Å²) in [5.41, 5.74) is 2.33. The molecule has 1 fully saturated rings. The highest BCUT2D eigenvalue weighted by Gasteiger charge is 2.46. The minimum absolute atomic E-state index is 0.116. The van der Waals surface area contributed by atoms with Crippen molar-refractivity contribution < 1.29 is 19.1 Å². The van der Waals surface area contributed by atoms with Gasteiger partial charge < -0.3 is 14.5 Å². The third kappa shape index (κ3) is 4.19. The number of nitriles is 1. The lowest BCUT2D eigenvalue weighted by Gasteiger charge is -2.43. The van der Waals surface area contributed by atoms with Gasteiger partial charge >= 0.3 is 11.9 Å². The third-order valence-electron chi connectivity index (χ3n) is 6.38. The van der Waals surface area contributed by atoms with Crippen LogP contribution in [-0.2, 0) is 25.5 Å². The number of ether oxygens (including phenoxy) is 2. The fourth-order valence-corrected chi connectivity index (χ4v) is 4.84. The number of fused-ring (bicyclic) bond motifs is 1. The predicted molar refractivity (Wildman–Crippen MR) is 112 cm³/mol. The SMILES string of the molecule is CC[C@@H]1[C@H](C(C(=O)OC)C(=O)OC)CCN(CCc2c[nH]c3ccccc23)[C@H]1C#N. The number of para-hydroxylation sites is 1. The molecule has 3 atom stereocenters. The lowest BCUT2D eigenvalue weighted by Crippen LogP contribution is -2.52. The van der Waals surface area contributed by atoms with Gasteiger partial charge in [-0.05, 0) is 42.9 Å². The average molecular weight is 412 g/mol. The van der Waals surface area contributed by atoms with Crippen molar-refractivity contribution in [3.05, 3.63) is 36.0 Å². The van der Waals surface area contributed by atoms with E-state index in [9.17, 15) is 14.9 Å². The number of piperidine rings is 1. The standard InChI is InChI=1S/C23H29N3O4/c1-4-16-18(21(22(27)29-2)23(28)30-3)10-12-26(20(16)13-24)11-9-15-14-25-19-8-6-5-7-17(15)19/h5-8,14,16,18,20-21,25H,4,9-12H2,1-3H3/t16-,18-,20+/m1/s1. The van der Waals surface area contributed by atoms with Crippen LogP contribution in [0.15, 0.2) is 30.5 Å². The molecule has 0 amide bonds. The zero-order valence-corrected chi connectivity index (χ0v) is 17.8. The van der Waals surface area contributed by atoms with Gasteiger partial charge in [-0.2, -0.15) is 5.26 Å². The highest BCUT2D eigenvalue weighted by molar-refractivity contribution is 5.95. The maximum Gasteiger partial charge on any atom is 0.320 e. The van der Waals surface area contributed by atoms with Crippen LogP contribution in [0, 0.1) is 29.1 Å². The number of esters is 2. The molecule has 7 heteroatoms. The molecule has 7 nitrogen and oxygen atoms in total. The molecule has 0 saturated carbocycles. The maximum atomic E-state index is 12.3. The minimum atomic E-state index is -0.989. The molecule has 160 valence electrons. The number of nitrogens with one attached hydrogen (secondary N) is 1. The molecular formula is C23H29N3O4. The van der Waals surface area contributed by atoms with Gasteiger partial charge in [0.05, 0.1) is 20.3 Å². The Morgan fingerprint density at radius 1 is 1.27 bits per heavy atom. The molecule has 0 radical (unpaired) electrons. The molecule has 3 rings (SSSR count). The lowest BCUT2D eigenvalue weighted by molar-refractivity contribution is -0.164. The van der Waals surface area contributed by atoms with Gasteiger partial charge in [0.2, 0.25) is 0 Å². The average Bonchev–Trinajstić information content (AvgIpc) is 3.20. The van der Waals surface area contributed by atoms with Crippen molar-refractivity contribution in [3.8, 4) is 6.07 Å². The normalized spacial score (nSPS) is 22.0. The number of hydrogen-bond donors (Lipinski definition) is 1. The lowest BCUT2D eigenvalue weighted by atomic mass is 9.71. The van der Waals surface area contributed by atoms with E-state index in [0.29, 0.717) is 19.4 Å². The van der Waals surface area contributed by atoms with Crippen molar-refractivity contribution in [2.24, 2.45) is 17.8 Å². The molecule has 1 saturated heterocycles. The molecule has 1 aromatic heterocycles. The van der Waals surface area contributed by atoms with Crippen molar-refractivity contribution >= 4 is 22.8 Å². The topological polar surface area (TPSA) is 95.4 Å². The van der Waals surface area contributed by atoms with Crippen molar-refractivity contribution in [1.29, 1.82) is 5.26 Å². The minimum Gasteiger partial charge on any atom is -0.468 e. The number of carbonyl (C=O) groups is 2. The van der Waals surface area contributed by atoms with E-state index in [2.05, 4.69) is 28.1 Å². The van der Waals surface area contributed by atoms with E-state index < -0.39 is 17.9 Å². The number of benzene rings is 1. The highest BCUT2D eigenvalue weighted by atomic mass is 16.5. The summed E-state index contributed by atoms with van der Waals surface area (Å²) in [6.45, 7) is 3.38. The fraction of sp³-hybridized carbons (Fsp3) is 0.522. The molecular weight excluding hydrogens is 382 g/mol. The zero-order chi connectivity index (χ0) is 21.7.